The molecule has 0 saturated carbocycles. The fourth-order valence-electron chi connectivity index (χ4n) is 2.99. The third kappa shape index (κ3) is 4.60. The summed E-state index contributed by atoms with van der Waals surface area (Å²) in [6.07, 6.45) is -2.76. The second-order valence-corrected chi connectivity index (χ2v) is 7.43. The molecule has 0 unspecified atom stereocenters. The van der Waals surface area contributed by atoms with E-state index in [1.807, 2.05) is 6.07 Å². The van der Waals surface area contributed by atoms with Gasteiger partial charge in [-0.15, -0.1) is 11.3 Å². The number of amides is 1. The van der Waals surface area contributed by atoms with Gasteiger partial charge < -0.3 is 15.0 Å². The first-order chi connectivity index (χ1) is 14.4. The average molecular weight is 434 g/mol. The molecule has 0 spiro atoms. The maximum absolute atomic E-state index is 12.9. The molecule has 6 nitrogen and oxygen atoms in total. The molecule has 30 heavy (non-hydrogen) atoms. The van der Waals surface area contributed by atoms with Crippen LogP contribution < -0.4 is 10.2 Å². The van der Waals surface area contributed by atoms with Crippen LogP contribution in [-0.4, -0.2) is 42.2 Å². The zero-order valence-electron chi connectivity index (χ0n) is 15.6. The minimum Gasteiger partial charge on any atom is -0.378 e. The molecule has 3 aromatic rings. The van der Waals surface area contributed by atoms with Crippen LogP contribution in [0, 0.1) is 0 Å². The van der Waals surface area contributed by atoms with Crippen LogP contribution >= 0.6 is 11.3 Å². The van der Waals surface area contributed by atoms with E-state index in [4.69, 9.17) is 4.74 Å². The third-order valence-electron chi connectivity index (χ3n) is 4.54. The second-order valence-electron chi connectivity index (χ2n) is 6.57. The lowest BCUT2D eigenvalue weighted by Crippen LogP contribution is -2.36. The predicted octanol–water partition coefficient (Wildman–Crippen LogP) is 4.31. The van der Waals surface area contributed by atoms with E-state index in [1.54, 1.807) is 12.3 Å². The largest absolute Gasteiger partial charge is 0.416 e. The maximum Gasteiger partial charge on any atom is 0.416 e. The minimum absolute atomic E-state index is 0.117. The number of carbonyl (C=O) groups excluding carboxylic acids is 1. The lowest BCUT2D eigenvalue weighted by Gasteiger charge is -2.28. The third-order valence-corrected chi connectivity index (χ3v) is 5.43. The lowest BCUT2D eigenvalue weighted by atomic mass is 10.1. The van der Waals surface area contributed by atoms with Crippen molar-refractivity contribution >= 4 is 28.7 Å². The number of nitrogens with zero attached hydrogens (tertiary/aromatic N) is 3. The van der Waals surface area contributed by atoms with Crippen LogP contribution in [0.15, 0.2) is 48.0 Å². The SMILES string of the molecule is O=C(Nc1ccc(N2CCOCC2)cn1)c1csc(-c2cccc(C(F)(F)F)c2)n1. The van der Waals surface area contributed by atoms with Crippen molar-refractivity contribution < 1.29 is 22.7 Å². The first-order valence-electron chi connectivity index (χ1n) is 9.13. The summed E-state index contributed by atoms with van der Waals surface area (Å²) < 4.78 is 44.1. The van der Waals surface area contributed by atoms with Gasteiger partial charge in [0.2, 0.25) is 0 Å². The number of carbonyl (C=O) groups is 1. The summed E-state index contributed by atoms with van der Waals surface area (Å²) in [7, 11) is 0. The normalized spacial score (nSPS) is 14.6. The number of anilines is 2. The van der Waals surface area contributed by atoms with E-state index in [0.29, 0.717) is 29.6 Å². The molecule has 0 aliphatic carbocycles. The Balaban J connectivity index is 1.44. The van der Waals surface area contributed by atoms with Gasteiger partial charge in [0, 0.05) is 24.0 Å². The molecule has 0 bridgehead atoms. The number of alkyl halides is 3. The molecule has 0 atom stereocenters. The zero-order chi connectivity index (χ0) is 21.1. The number of morpholine rings is 1. The number of pyridine rings is 1. The van der Waals surface area contributed by atoms with Gasteiger partial charge >= 0.3 is 6.18 Å². The number of benzene rings is 1. The number of halogens is 3. The van der Waals surface area contributed by atoms with Crippen LogP contribution in [0.3, 0.4) is 0 Å². The molecular formula is C20H17F3N4O2S. The Morgan fingerprint density at radius 1 is 1.17 bits per heavy atom. The highest BCUT2D eigenvalue weighted by Crippen LogP contribution is 2.33. The van der Waals surface area contributed by atoms with Crippen LogP contribution in [0.25, 0.3) is 10.6 Å². The van der Waals surface area contributed by atoms with Crippen molar-refractivity contribution in [3.63, 3.8) is 0 Å². The van der Waals surface area contributed by atoms with Crippen molar-refractivity contribution in [3.05, 3.63) is 59.2 Å². The van der Waals surface area contributed by atoms with Crippen LogP contribution in [0.1, 0.15) is 16.1 Å². The average Bonchev–Trinajstić information content (AvgIpc) is 3.25. The number of hydrogen-bond donors (Lipinski definition) is 1. The topological polar surface area (TPSA) is 67.4 Å². The molecule has 10 heteroatoms. The van der Waals surface area contributed by atoms with Crippen LogP contribution in [0.2, 0.25) is 0 Å². The quantitative estimate of drug-likeness (QED) is 0.663. The first-order valence-corrected chi connectivity index (χ1v) is 10.0. The van der Waals surface area contributed by atoms with Gasteiger partial charge in [-0.1, -0.05) is 12.1 Å². The number of nitrogens with one attached hydrogen (secondary N) is 1. The summed E-state index contributed by atoms with van der Waals surface area (Å²) >= 11 is 1.10. The van der Waals surface area contributed by atoms with Crippen LogP contribution in [0.4, 0.5) is 24.7 Å². The van der Waals surface area contributed by atoms with Crippen LogP contribution in [0.5, 0.6) is 0 Å². The van der Waals surface area contributed by atoms with Gasteiger partial charge in [-0.3, -0.25) is 4.79 Å². The summed E-state index contributed by atoms with van der Waals surface area (Å²) in [5.74, 6) is -0.110. The Morgan fingerprint density at radius 3 is 2.67 bits per heavy atom. The fraction of sp³-hybridized carbons (Fsp3) is 0.250. The molecule has 1 aliphatic heterocycles. The van der Waals surface area contributed by atoms with E-state index in [0.717, 1.165) is 42.2 Å². The van der Waals surface area contributed by atoms with E-state index in [2.05, 4.69) is 20.2 Å². The molecule has 1 N–H and O–H groups in total. The molecule has 1 fully saturated rings. The first kappa shape index (κ1) is 20.3. The van der Waals surface area contributed by atoms with E-state index in [1.165, 1.54) is 17.5 Å². The predicted molar refractivity (Wildman–Crippen MR) is 108 cm³/mol. The molecule has 1 saturated heterocycles. The Labute approximate surface area is 174 Å². The van der Waals surface area contributed by atoms with Crippen molar-refractivity contribution in [3.8, 4) is 10.6 Å². The molecular weight excluding hydrogens is 417 g/mol. The van der Waals surface area contributed by atoms with Gasteiger partial charge in [0.1, 0.15) is 16.5 Å². The highest BCUT2D eigenvalue weighted by molar-refractivity contribution is 7.13. The van der Waals surface area contributed by atoms with E-state index in [9.17, 15) is 18.0 Å². The highest BCUT2D eigenvalue weighted by Gasteiger charge is 2.30. The molecule has 0 radical (unpaired) electrons. The summed E-state index contributed by atoms with van der Waals surface area (Å²) in [6.45, 7) is 2.89. The second kappa shape index (κ2) is 8.41. The van der Waals surface area contributed by atoms with Gasteiger partial charge in [-0.05, 0) is 24.3 Å². The smallest absolute Gasteiger partial charge is 0.378 e. The Bertz CT molecular complexity index is 1030. The molecule has 1 aliphatic rings. The Hall–Kier alpha value is -2.98. The van der Waals surface area contributed by atoms with Gasteiger partial charge in [0.05, 0.1) is 30.7 Å². The molecule has 2 aromatic heterocycles. The number of rotatable bonds is 4. The summed E-state index contributed by atoms with van der Waals surface area (Å²) in [6, 6.07) is 8.43. The standard InChI is InChI=1S/C20H17F3N4O2S/c21-20(22,23)14-3-1-2-13(10-14)19-25-16(12-30-19)18(28)26-17-5-4-15(11-24-17)27-6-8-29-9-7-27/h1-5,10-12H,6-9H2,(H,24,26,28). The Kier molecular flexibility index (Phi) is 5.69. The number of aromatic nitrogens is 2. The van der Waals surface area contributed by atoms with Gasteiger partial charge in [0.15, 0.2) is 0 Å². The van der Waals surface area contributed by atoms with Crippen molar-refractivity contribution in [2.45, 2.75) is 6.18 Å². The van der Waals surface area contributed by atoms with Crippen molar-refractivity contribution in [2.75, 3.05) is 36.5 Å². The lowest BCUT2D eigenvalue weighted by molar-refractivity contribution is -0.137. The Morgan fingerprint density at radius 2 is 1.97 bits per heavy atom. The van der Waals surface area contributed by atoms with E-state index < -0.39 is 17.6 Å². The molecule has 1 amide bonds. The molecule has 3 heterocycles. The van der Waals surface area contributed by atoms with E-state index in [-0.39, 0.29) is 5.69 Å². The van der Waals surface area contributed by atoms with Gasteiger partial charge in [-0.2, -0.15) is 13.2 Å². The number of hydrogen-bond acceptors (Lipinski definition) is 6. The monoisotopic (exact) mass is 434 g/mol. The zero-order valence-corrected chi connectivity index (χ0v) is 16.5. The van der Waals surface area contributed by atoms with Crippen molar-refractivity contribution in [2.24, 2.45) is 0 Å². The van der Waals surface area contributed by atoms with Crippen LogP contribution in [-0.2, 0) is 10.9 Å². The molecule has 4 rings (SSSR count). The van der Waals surface area contributed by atoms with Gasteiger partial charge in [-0.25, -0.2) is 9.97 Å². The summed E-state index contributed by atoms with van der Waals surface area (Å²) in [5.41, 5.74) is 0.607. The summed E-state index contributed by atoms with van der Waals surface area (Å²) in [5, 5.41) is 4.50. The summed E-state index contributed by atoms with van der Waals surface area (Å²) in [4.78, 5) is 23.0. The molecule has 1 aromatic carbocycles. The maximum atomic E-state index is 12.9. The van der Waals surface area contributed by atoms with Gasteiger partial charge in [0.25, 0.3) is 5.91 Å². The highest BCUT2D eigenvalue weighted by atomic mass is 32.1. The molecule has 156 valence electrons. The van der Waals surface area contributed by atoms with Crippen molar-refractivity contribution in [1.82, 2.24) is 9.97 Å². The van der Waals surface area contributed by atoms with Crippen molar-refractivity contribution in [1.29, 1.82) is 0 Å². The van der Waals surface area contributed by atoms with E-state index >= 15 is 0 Å². The number of ether oxygens (including phenoxy) is 1. The minimum atomic E-state index is -4.44. The number of thiazole rings is 1. The fourth-order valence-corrected chi connectivity index (χ4v) is 3.79.